The second kappa shape index (κ2) is 9.50. The maximum Gasteiger partial charge on any atom is 0.253 e. The molecule has 3 N–H and O–H groups in total. The van der Waals surface area contributed by atoms with E-state index in [2.05, 4.69) is 10.6 Å². The second-order valence-corrected chi connectivity index (χ2v) is 7.19. The molecule has 0 saturated heterocycles. The number of phenolic OH excluding ortho intramolecular Hbond substituents is 1. The number of hydrogen-bond donors (Lipinski definition) is 3. The van der Waals surface area contributed by atoms with Crippen molar-refractivity contribution in [2.24, 2.45) is 0 Å². The van der Waals surface area contributed by atoms with E-state index >= 15 is 0 Å². The number of rotatable bonds is 7. The molecular formula is C19H21ClN2O3S. The number of aromatic hydroxyl groups is 1. The van der Waals surface area contributed by atoms with Crippen LogP contribution in [0.25, 0.3) is 0 Å². The highest BCUT2D eigenvalue weighted by Gasteiger charge is 2.23. The fraction of sp³-hybridized carbons (Fsp3) is 0.263. The third kappa shape index (κ3) is 5.41. The molecule has 0 aromatic heterocycles. The molecule has 7 heteroatoms. The Kier molecular flexibility index (Phi) is 7.36. The largest absolute Gasteiger partial charge is 0.506 e. The van der Waals surface area contributed by atoms with Crippen molar-refractivity contribution in [1.29, 1.82) is 0 Å². The Morgan fingerprint density at radius 2 is 1.96 bits per heavy atom. The first-order valence-corrected chi connectivity index (χ1v) is 9.84. The number of aryl methyl sites for hydroxylation is 1. The molecule has 26 heavy (non-hydrogen) atoms. The van der Waals surface area contributed by atoms with Crippen molar-refractivity contribution in [2.45, 2.75) is 19.4 Å². The Bertz CT molecular complexity index is 798. The predicted octanol–water partition coefficient (Wildman–Crippen LogP) is 3.84. The third-order valence-corrected chi connectivity index (χ3v) is 4.74. The maximum atomic E-state index is 12.6. The zero-order chi connectivity index (χ0) is 19.1. The van der Waals surface area contributed by atoms with Gasteiger partial charge in [0.25, 0.3) is 5.91 Å². The monoisotopic (exact) mass is 392 g/mol. The van der Waals surface area contributed by atoms with Crippen LogP contribution in [0.3, 0.4) is 0 Å². The van der Waals surface area contributed by atoms with Gasteiger partial charge in [-0.15, -0.1) is 0 Å². The van der Waals surface area contributed by atoms with Crippen molar-refractivity contribution in [2.75, 3.05) is 17.3 Å². The lowest BCUT2D eigenvalue weighted by atomic mass is 10.1. The number of carbonyl (C=O) groups excluding carboxylic acids is 2. The normalized spacial score (nSPS) is 11.7. The molecule has 138 valence electrons. The van der Waals surface area contributed by atoms with Crippen LogP contribution < -0.4 is 10.6 Å². The highest BCUT2D eigenvalue weighted by molar-refractivity contribution is 7.98. The summed E-state index contributed by atoms with van der Waals surface area (Å²) in [7, 11) is 0. The van der Waals surface area contributed by atoms with Crippen LogP contribution in [0.2, 0.25) is 5.02 Å². The Balaban J connectivity index is 2.14. The highest BCUT2D eigenvalue weighted by Crippen LogP contribution is 2.24. The Labute approximate surface area is 162 Å². The van der Waals surface area contributed by atoms with Gasteiger partial charge >= 0.3 is 0 Å². The first-order chi connectivity index (χ1) is 12.4. The molecule has 0 heterocycles. The number of phenols is 1. The number of halogens is 1. The van der Waals surface area contributed by atoms with Crippen molar-refractivity contribution in [1.82, 2.24) is 5.32 Å². The predicted molar refractivity (Wildman–Crippen MR) is 107 cm³/mol. The molecule has 0 bridgehead atoms. The average Bonchev–Trinajstić information content (AvgIpc) is 2.61. The van der Waals surface area contributed by atoms with Crippen LogP contribution in [0.1, 0.15) is 22.3 Å². The van der Waals surface area contributed by atoms with Gasteiger partial charge in [-0.1, -0.05) is 29.8 Å². The van der Waals surface area contributed by atoms with E-state index in [1.807, 2.05) is 13.2 Å². The molecule has 2 rings (SSSR count). The minimum Gasteiger partial charge on any atom is -0.506 e. The lowest BCUT2D eigenvalue weighted by molar-refractivity contribution is -0.118. The second-order valence-electron chi connectivity index (χ2n) is 5.80. The molecular weight excluding hydrogens is 372 g/mol. The molecule has 1 atom stereocenters. The third-order valence-electron chi connectivity index (χ3n) is 3.76. The summed E-state index contributed by atoms with van der Waals surface area (Å²) in [6, 6.07) is 10.9. The van der Waals surface area contributed by atoms with E-state index in [0.29, 0.717) is 28.4 Å². The first-order valence-electron chi connectivity index (χ1n) is 8.07. The van der Waals surface area contributed by atoms with Crippen molar-refractivity contribution in [3.63, 3.8) is 0 Å². The summed E-state index contributed by atoms with van der Waals surface area (Å²) >= 11 is 7.63. The maximum absolute atomic E-state index is 12.6. The summed E-state index contributed by atoms with van der Waals surface area (Å²) in [6.45, 7) is 1.84. The lowest BCUT2D eigenvalue weighted by Crippen LogP contribution is -2.44. The molecule has 0 aliphatic rings. The zero-order valence-electron chi connectivity index (χ0n) is 14.6. The smallest absolute Gasteiger partial charge is 0.253 e. The van der Waals surface area contributed by atoms with Crippen LogP contribution >= 0.6 is 23.4 Å². The topological polar surface area (TPSA) is 78.4 Å². The van der Waals surface area contributed by atoms with Crippen LogP contribution in [0.4, 0.5) is 5.69 Å². The number of anilines is 1. The first kappa shape index (κ1) is 20.1. The molecule has 2 aromatic carbocycles. The SMILES string of the molecule is CSCCC(NC(=O)c1ccccc1Cl)C(=O)Nc1ccc(C)cc1O. The summed E-state index contributed by atoms with van der Waals surface area (Å²) in [5, 5.41) is 15.7. The summed E-state index contributed by atoms with van der Waals surface area (Å²) in [5.41, 5.74) is 1.50. The van der Waals surface area contributed by atoms with Gasteiger partial charge in [-0.05, 0) is 55.2 Å². The minimum atomic E-state index is -0.744. The van der Waals surface area contributed by atoms with Gasteiger partial charge < -0.3 is 15.7 Å². The molecule has 0 radical (unpaired) electrons. The standard InChI is InChI=1S/C19H21ClN2O3S/c1-12-7-8-15(17(23)11-12)21-19(25)16(9-10-26-2)22-18(24)13-5-3-4-6-14(13)20/h3-8,11,16,23H,9-10H2,1-2H3,(H,21,25)(H,22,24). The molecule has 5 nitrogen and oxygen atoms in total. The molecule has 0 aliphatic carbocycles. The van der Waals surface area contributed by atoms with Gasteiger partial charge in [0, 0.05) is 0 Å². The minimum absolute atomic E-state index is 0.0144. The zero-order valence-corrected chi connectivity index (χ0v) is 16.2. The molecule has 2 aromatic rings. The molecule has 0 saturated carbocycles. The van der Waals surface area contributed by atoms with E-state index < -0.39 is 17.9 Å². The number of thioether (sulfide) groups is 1. The molecule has 2 amide bonds. The van der Waals surface area contributed by atoms with Crippen molar-refractivity contribution in [3.05, 3.63) is 58.6 Å². The molecule has 1 unspecified atom stereocenters. The fourth-order valence-corrected chi connectivity index (χ4v) is 3.05. The van der Waals surface area contributed by atoms with Crippen molar-refractivity contribution in [3.8, 4) is 5.75 Å². The number of amides is 2. The van der Waals surface area contributed by atoms with E-state index in [9.17, 15) is 14.7 Å². The van der Waals surface area contributed by atoms with Gasteiger partial charge in [0.1, 0.15) is 11.8 Å². The van der Waals surface area contributed by atoms with Gasteiger partial charge in [-0.3, -0.25) is 9.59 Å². The Morgan fingerprint density at radius 3 is 2.62 bits per heavy atom. The molecule has 0 spiro atoms. The summed E-state index contributed by atoms with van der Waals surface area (Å²) in [6.07, 6.45) is 2.38. The molecule has 0 fully saturated rings. The number of nitrogens with one attached hydrogen (secondary N) is 2. The van der Waals surface area contributed by atoms with Gasteiger partial charge in [0.15, 0.2) is 0 Å². The van der Waals surface area contributed by atoms with E-state index in [1.165, 1.54) is 0 Å². The van der Waals surface area contributed by atoms with Crippen LogP contribution in [-0.4, -0.2) is 35.0 Å². The van der Waals surface area contributed by atoms with Crippen LogP contribution in [0, 0.1) is 6.92 Å². The van der Waals surface area contributed by atoms with Crippen molar-refractivity contribution < 1.29 is 14.7 Å². The van der Waals surface area contributed by atoms with Gasteiger partial charge in [-0.2, -0.15) is 11.8 Å². The van der Waals surface area contributed by atoms with Gasteiger partial charge in [0.05, 0.1) is 16.3 Å². The average molecular weight is 393 g/mol. The number of hydrogen-bond acceptors (Lipinski definition) is 4. The Morgan fingerprint density at radius 1 is 1.23 bits per heavy atom. The number of carbonyl (C=O) groups is 2. The summed E-state index contributed by atoms with van der Waals surface area (Å²) in [4.78, 5) is 25.1. The lowest BCUT2D eigenvalue weighted by Gasteiger charge is -2.19. The van der Waals surface area contributed by atoms with Crippen LogP contribution in [-0.2, 0) is 4.79 Å². The van der Waals surface area contributed by atoms with Gasteiger partial charge in [0.2, 0.25) is 5.91 Å². The number of benzene rings is 2. The highest BCUT2D eigenvalue weighted by atomic mass is 35.5. The van der Waals surface area contributed by atoms with Gasteiger partial charge in [-0.25, -0.2) is 0 Å². The summed E-state index contributed by atoms with van der Waals surface area (Å²) in [5.74, 6) is -0.121. The van der Waals surface area contributed by atoms with Crippen molar-refractivity contribution >= 4 is 40.9 Å². The summed E-state index contributed by atoms with van der Waals surface area (Å²) < 4.78 is 0. The van der Waals surface area contributed by atoms with Crippen LogP contribution in [0.15, 0.2) is 42.5 Å². The fourth-order valence-electron chi connectivity index (χ4n) is 2.35. The van der Waals surface area contributed by atoms with E-state index in [4.69, 9.17) is 11.6 Å². The van der Waals surface area contributed by atoms with Crippen LogP contribution in [0.5, 0.6) is 5.75 Å². The van der Waals surface area contributed by atoms with E-state index in [1.54, 1.807) is 54.2 Å². The quantitative estimate of drug-likeness (QED) is 0.625. The van der Waals surface area contributed by atoms with E-state index in [-0.39, 0.29) is 5.75 Å². The molecule has 0 aliphatic heterocycles. The Hall–Kier alpha value is -2.18. The van der Waals surface area contributed by atoms with E-state index in [0.717, 1.165) is 5.56 Å².